The van der Waals surface area contributed by atoms with Crippen molar-refractivity contribution in [1.82, 2.24) is 10.6 Å². The van der Waals surface area contributed by atoms with Crippen LogP contribution < -0.4 is 10.6 Å². The number of hydrogen-bond acceptors (Lipinski definition) is 3. The van der Waals surface area contributed by atoms with Gasteiger partial charge in [-0.05, 0) is 58.5 Å². The fraction of sp³-hybridized carbons (Fsp3) is 0.917. The lowest BCUT2D eigenvalue weighted by molar-refractivity contribution is 0.0503. The highest BCUT2D eigenvalue weighted by molar-refractivity contribution is 5.85. The first-order chi connectivity index (χ1) is 7.44. The third kappa shape index (κ3) is 4.03. The number of halogens is 1. The van der Waals surface area contributed by atoms with Crippen LogP contribution in [0.15, 0.2) is 0 Å². The number of rotatable bonds is 1. The summed E-state index contributed by atoms with van der Waals surface area (Å²) < 4.78 is 5.26. The summed E-state index contributed by atoms with van der Waals surface area (Å²) in [7, 11) is 0. The Morgan fingerprint density at radius 1 is 1.24 bits per heavy atom. The summed E-state index contributed by atoms with van der Waals surface area (Å²) in [5.41, 5.74) is -0.403. The third-order valence-electron chi connectivity index (χ3n) is 3.38. The minimum atomic E-state index is -0.403. The van der Waals surface area contributed by atoms with Crippen molar-refractivity contribution in [3.8, 4) is 0 Å². The van der Waals surface area contributed by atoms with Gasteiger partial charge in [-0.2, -0.15) is 0 Å². The quantitative estimate of drug-likeness (QED) is 0.759. The molecular formula is C12H23ClN2O2. The Labute approximate surface area is 109 Å². The summed E-state index contributed by atoms with van der Waals surface area (Å²) in [5, 5.41) is 6.37. The maximum atomic E-state index is 11.6. The summed E-state index contributed by atoms with van der Waals surface area (Å²) >= 11 is 0. The molecule has 17 heavy (non-hydrogen) atoms. The molecule has 2 rings (SSSR count). The largest absolute Gasteiger partial charge is 0.444 e. The third-order valence-corrected chi connectivity index (χ3v) is 3.38. The van der Waals surface area contributed by atoms with Crippen molar-refractivity contribution in [2.45, 2.75) is 45.3 Å². The average Bonchev–Trinajstić information content (AvgIpc) is 2.58. The molecule has 1 unspecified atom stereocenters. The number of carbonyl (C=O) groups is 1. The van der Waals surface area contributed by atoms with E-state index in [0.29, 0.717) is 6.04 Å². The first kappa shape index (κ1) is 14.6. The smallest absolute Gasteiger partial charge is 0.407 e. The number of carbonyl (C=O) groups excluding carboxylic acids is 1. The molecule has 1 saturated heterocycles. The maximum Gasteiger partial charge on any atom is 0.407 e. The summed E-state index contributed by atoms with van der Waals surface area (Å²) in [6, 6.07) is 0.312. The van der Waals surface area contributed by atoms with Crippen LogP contribution in [0.1, 0.15) is 33.6 Å². The van der Waals surface area contributed by atoms with Crippen molar-refractivity contribution in [3.63, 3.8) is 0 Å². The van der Waals surface area contributed by atoms with Crippen LogP contribution in [0.25, 0.3) is 0 Å². The van der Waals surface area contributed by atoms with E-state index in [9.17, 15) is 4.79 Å². The van der Waals surface area contributed by atoms with Crippen LogP contribution in [-0.4, -0.2) is 30.8 Å². The standard InChI is InChI=1S/C12H22N2O2.ClH/c1-12(2,3)16-11(15)14-10-4-8-6-13-7-9(8)5-10;/h8-10,13H,4-7H2,1-3H3,(H,14,15);1H/t8-,9+,10?;. The fourth-order valence-corrected chi connectivity index (χ4v) is 2.76. The second-order valence-corrected chi connectivity index (χ2v) is 5.99. The van der Waals surface area contributed by atoms with Crippen molar-refractivity contribution in [2.75, 3.05) is 13.1 Å². The second kappa shape index (κ2) is 5.44. The molecule has 0 aromatic rings. The van der Waals surface area contributed by atoms with E-state index in [0.717, 1.165) is 37.8 Å². The summed E-state index contributed by atoms with van der Waals surface area (Å²) in [4.78, 5) is 11.6. The van der Waals surface area contributed by atoms with Crippen LogP contribution in [0.2, 0.25) is 0 Å². The summed E-state index contributed by atoms with van der Waals surface area (Å²) in [5.74, 6) is 1.50. The van der Waals surface area contributed by atoms with Gasteiger partial charge in [-0.25, -0.2) is 4.79 Å². The topological polar surface area (TPSA) is 50.4 Å². The number of alkyl carbamates (subject to hydrolysis) is 1. The first-order valence-electron chi connectivity index (χ1n) is 6.14. The van der Waals surface area contributed by atoms with E-state index in [1.807, 2.05) is 20.8 Å². The van der Waals surface area contributed by atoms with Crippen LogP contribution in [-0.2, 0) is 4.74 Å². The van der Waals surface area contributed by atoms with Crippen molar-refractivity contribution >= 4 is 18.5 Å². The lowest BCUT2D eigenvalue weighted by Gasteiger charge is -2.22. The lowest BCUT2D eigenvalue weighted by Crippen LogP contribution is -2.38. The van der Waals surface area contributed by atoms with Crippen LogP contribution in [0.3, 0.4) is 0 Å². The Balaban J connectivity index is 0.00000144. The normalized spacial score (nSPS) is 31.6. The predicted molar refractivity (Wildman–Crippen MR) is 69.5 cm³/mol. The zero-order valence-electron chi connectivity index (χ0n) is 10.8. The van der Waals surface area contributed by atoms with Crippen LogP contribution in [0.5, 0.6) is 0 Å². The van der Waals surface area contributed by atoms with Crippen molar-refractivity contribution in [1.29, 1.82) is 0 Å². The zero-order valence-corrected chi connectivity index (χ0v) is 11.6. The molecule has 1 aliphatic carbocycles. The Morgan fingerprint density at radius 2 is 1.76 bits per heavy atom. The van der Waals surface area contributed by atoms with Gasteiger partial charge in [-0.1, -0.05) is 0 Å². The van der Waals surface area contributed by atoms with Gasteiger partial charge in [0.15, 0.2) is 0 Å². The number of fused-ring (bicyclic) bond motifs is 1. The van der Waals surface area contributed by atoms with Gasteiger partial charge >= 0.3 is 6.09 Å². The highest BCUT2D eigenvalue weighted by Crippen LogP contribution is 2.34. The highest BCUT2D eigenvalue weighted by Gasteiger charge is 2.38. The van der Waals surface area contributed by atoms with Gasteiger partial charge < -0.3 is 15.4 Å². The van der Waals surface area contributed by atoms with E-state index in [4.69, 9.17) is 4.74 Å². The number of ether oxygens (including phenoxy) is 1. The molecule has 100 valence electrons. The molecule has 5 heteroatoms. The molecule has 1 saturated carbocycles. The molecule has 0 aromatic carbocycles. The second-order valence-electron chi connectivity index (χ2n) is 5.99. The van der Waals surface area contributed by atoms with E-state index >= 15 is 0 Å². The van der Waals surface area contributed by atoms with Crippen molar-refractivity contribution in [2.24, 2.45) is 11.8 Å². The van der Waals surface area contributed by atoms with E-state index in [1.165, 1.54) is 0 Å². The molecule has 1 heterocycles. The van der Waals surface area contributed by atoms with Gasteiger partial charge in [-0.3, -0.25) is 0 Å². The van der Waals surface area contributed by atoms with Gasteiger partial charge in [0.05, 0.1) is 0 Å². The molecule has 2 N–H and O–H groups in total. The number of nitrogens with one attached hydrogen (secondary N) is 2. The van der Waals surface area contributed by atoms with Gasteiger partial charge in [0, 0.05) is 6.04 Å². The van der Waals surface area contributed by atoms with E-state index < -0.39 is 5.60 Å². The van der Waals surface area contributed by atoms with Crippen molar-refractivity contribution in [3.05, 3.63) is 0 Å². The summed E-state index contributed by atoms with van der Waals surface area (Å²) in [6.07, 6.45) is 1.92. The molecule has 3 atom stereocenters. The number of hydrogen-bond donors (Lipinski definition) is 2. The van der Waals surface area contributed by atoms with Gasteiger partial charge in [0.2, 0.25) is 0 Å². The maximum absolute atomic E-state index is 11.6. The summed E-state index contributed by atoms with van der Waals surface area (Å²) in [6.45, 7) is 7.88. The van der Waals surface area contributed by atoms with E-state index in [2.05, 4.69) is 10.6 Å². The first-order valence-corrected chi connectivity index (χ1v) is 6.14. The van der Waals surface area contributed by atoms with Gasteiger partial charge in [-0.15, -0.1) is 12.4 Å². The molecule has 0 radical (unpaired) electrons. The molecule has 0 spiro atoms. The highest BCUT2D eigenvalue weighted by atomic mass is 35.5. The van der Waals surface area contributed by atoms with Crippen LogP contribution in [0, 0.1) is 11.8 Å². The van der Waals surface area contributed by atoms with Gasteiger partial charge in [0.1, 0.15) is 5.60 Å². The Kier molecular flexibility index (Phi) is 4.67. The number of amides is 1. The molecule has 4 nitrogen and oxygen atoms in total. The SMILES string of the molecule is CC(C)(C)OC(=O)NC1C[C@H]2CNC[C@H]2C1.Cl. The molecule has 1 aliphatic heterocycles. The monoisotopic (exact) mass is 262 g/mol. The lowest BCUT2D eigenvalue weighted by atomic mass is 10.0. The van der Waals surface area contributed by atoms with Crippen molar-refractivity contribution < 1.29 is 9.53 Å². The predicted octanol–water partition coefficient (Wildman–Crippen LogP) is 1.93. The Hall–Kier alpha value is -0.480. The molecule has 1 amide bonds. The van der Waals surface area contributed by atoms with Crippen LogP contribution >= 0.6 is 12.4 Å². The fourth-order valence-electron chi connectivity index (χ4n) is 2.76. The molecular weight excluding hydrogens is 240 g/mol. The Bertz CT molecular complexity index is 266. The molecule has 0 aromatic heterocycles. The minimum absolute atomic E-state index is 0. The van der Waals surface area contributed by atoms with E-state index in [1.54, 1.807) is 0 Å². The molecule has 0 bridgehead atoms. The Morgan fingerprint density at radius 3 is 2.24 bits per heavy atom. The molecule has 2 fully saturated rings. The minimum Gasteiger partial charge on any atom is -0.444 e. The van der Waals surface area contributed by atoms with E-state index in [-0.39, 0.29) is 18.5 Å². The van der Waals surface area contributed by atoms with Crippen LogP contribution in [0.4, 0.5) is 4.79 Å². The molecule has 2 aliphatic rings. The average molecular weight is 263 g/mol. The zero-order chi connectivity index (χ0) is 11.8. The van der Waals surface area contributed by atoms with Gasteiger partial charge in [0.25, 0.3) is 0 Å².